The maximum absolute atomic E-state index is 14.9. The normalized spacial score (nSPS) is 15.6. The fourth-order valence-electron chi connectivity index (χ4n) is 6.05. The van der Waals surface area contributed by atoms with Gasteiger partial charge in [-0.25, -0.2) is 4.85 Å². The second kappa shape index (κ2) is 14.5. The fourth-order valence-corrected chi connectivity index (χ4v) is 6.05. The third kappa shape index (κ3) is 7.72. The van der Waals surface area contributed by atoms with E-state index in [-0.39, 0.29) is 49.1 Å². The molecule has 0 amide bonds. The summed E-state index contributed by atoms with van der Waals surface area (Å²) < 4.78 is 63.0. The van der Waals surface area contributed by atoms with Crippen LogP contribution >= 0.6 is 0 Å². The van der Waals surface area contributed by atoms with Crippen molar-refractivity contribution in [3.8, 4) is 11.5 Å². The highest BCUT2D eigenvalue weighted by atomic mass is 19.4. The molecule has 0 saturated carbocycles. The zero-order valence-corrected chi connectivity index (χ0v) is 26.4. The summed E-state index contributed by atoms with van der Waals surface area (Å²) in [5, 5.41) is 11.8. The topological polar surface area (TPSA) is 77.5 Å². The van der Waals surface area contributed by atoms with Gasteiger partial charge < -0.3 is 23.9 Å². The van der Waals surface area contributed by atoms with Crippen LogP contribution in [0.25, 0.3) is 15.7 Å². The van der Waals surface area contributed by atoms with E-state index in [4.69, 9.17) is 20.8 Å². The summed E-state index contributed by atoms with van der Waals surface area (Å²) in [6.07, 6.45) is -2.22. The van der Waals surface area contributed by atoms with E-state index in [0.29, 0.717) is 48.6 Å². The number of aliphatic hydroxyl groups is 1. The minimum atomic E-state index is -4.97. The Morgan fingerprint density at radius 1 is 1.02 bits per heavy atom. The van der Waals surface area contributed by atoms with Crippen molar-refractivity contribution in [3.05, 3.63) is 101 Å². The highest BCUT2D eigenvalue weighted by Crippen LogP contribution is 2.44. The Bertz CT molecular complexity index is 1730. The third-order valence-electron chi connectivity index (χ3n) is 8.54. The Kier molecular flexibility index (Phi) is 10.4. The van der Waals surface area contributed by atoms with Gasteiger partial charge in [-0.2, -0.15) is 13.2 Å². The van der Waals surface area contributed by atoms with Crippen LogP contribution in [-0.4, -0.2) is 66.2 Å². The number of esters is 1. The number of ether oxygens (including phenoxy) is 3. The van der Waals surface area contributed by atoms with Crippen molar-refractivity contribution in [3.63, 3.8) is 0 Å². The summed E-state index contributed by atoms with van der Waals surface area (Å²) in [5.41, 5.74) is -0.865. The molecule has 1 N–H and O–H groups in total. The molecule has 1 atom stereocenters. The number of hydrogen-bond acceptors (Lipinski definition) is 6. The van der Waals surface area contributed by atoms with Crippen molar-refractivity contribution in [2.75, 3.05) is 33.4 Å². The molecule has 0 radical (unpaired) electrons. The summed E-state index contributed by atoms with van der Waals surface area (Å²) >= 11 is 0. The molecular weight excluding hydrogens is 611 g/mol. The van der Waals surface area contributed by atoms with E-state index in [9.17, 15) is 23.1 Å². The second-order valence-corrected chi connectivity index (χ2v) is 11.7. The third-order valence-corrected chi connectivity index (χ3v) is 8.54. The van der Waals surface area contributed by atoms with E-state index >= 15 is 0 Å². The zero-order chi connectivity index (χ0) is 33.6. The van der Waals surface area contributed by atoms with E-state index < -0.39 is 18.3 Å². The van der Waals surface area contributed by atoms with Gasteiger partial charge in [0.05, 0.1) is 20.3 Å². The number of carbonyl (C=O) groups excluding carboxylic acids is 1. The number of carbonyl (C=O) groups is 1. The van der Waals surface area contributed by atoms with Crippen LogP contribution in [-0.2, 0) is 28.1 Å². The zero-order valence-electron chi connectivity index (χ0n) is 26.4. The minimum Gasteiger partial charge on any atom is -0.493 e. The highest BCUT2D eigenvalue weighted by molar-refractivity contribution is 5.88. The number of likely N-dealkylation sites (tertiary alicyclic amines) is 1. The SMILES string of the molecule is [C-]#[N+]c1ccc2c(C(O)(CN3CCC(Oc4ccc(CCC(=O)OCC)cc4OC)CC3)C(F)(F)F)cn(Cc3ccccc3)c2c1. The summed E-state index contributed by atoms with van der Waals surface area (Å²) in [4.78, 5) is 16.8. The molecule has 47 heavy (non-hydrogen) atoms. The van der Waals surface area contributed by atoms with Crippen LogP contribution in [0.3, 0.4) is 0 Å². The van der Waals surface area contributed by atoms with Gasteiger partial charge in [-0.3, -0.25) is 9.69 Å². The lowest BCUT2D eigenvalue weighted by Crippen LogP contribution is -2.53. The number of methoxy groups -OCH3 is 1. The smallest absolute Gasteiger partial charge is 0.422 e. The monoisotopic (exact) mass is 649 g/mol. The molecule has 1 saturated heterocycles. The van der Waals surface area contributed by atoms with Crippen molar-refractivity contribution < 1.29 is 37.3 Å². The number of halogens is 3. The van der Waals surface area contributed by atoms with Gasteiger partial charge in [-0.05, 0) is 55.5 Å². The maximum atomic E-state index is 14.9. The van der Waals surface area contributed by atoms with Crippen molar-refractivity contribution in [2.45, 2.75) is 57.0 Å². The Morgan fingerprint density at radius 3 is 2.43 bits per heavy atom. The van der Waals surface area contributed by atoms with E-state index in [1.54, 1.807) is 28.5 Å². The van der Waals surface area contributed by atoms with Crippen molar-refractivity contribution in [1.29, 1.82) is 0 Å². The standard InChI is InChI=1S/C36H38F3N3O5/c1-4-46-34(43)15-11-25-10-14-32(33(20-25)45-3)47-28-16-18-41(19-17-28)24-35(44,36(37,38)39)30-23-42(22-26-8-6-5-7-9-26)31-21-27(40-2)12-13-29(30)31/h5-10,12-14,20-21,23,28,44H,4,11,15-19,22,24H2,1,3H3. The first kappa shape index (κ1) is 33.8. The van der Waals surface area contributed by atoms with E-state index in [1.165, 1.54) is 25.4 Å². The van der Waals surface area contributed by atoms with Gasteiger partial charge in [0.2, 0.25) is 5.60 Å². The lowest BCUT2D eigenvalue weighted by molar-refractivity contribution is -0.272. The molecule has 11 heteroatoms. The maximum Gasteiger partial charge on any atom is 0.422 e. The van der Waals surface area contributed by atoms with Crippen LogP contribution in [0.2, 0.25) is 0 Å². The van der Waals surface area contributed by atoms with Crippen LogP contribution in [0, 0.1) is 6.57 Å². The molecule has 3 aromatic carbocycles. The summed E-state index contributed by atoms with van der Waals surface area (Å²) in [6.45, 7) is 9.72. The molecule has 4 aromatic rings. The molecule has 0 bridgehead atoms. The number of aromatic nitrogens is 1. The van der Waals surface area contributed by atoms with Crippen LogP contribution in [0.1, 0.15) is 42.9 Å². The van der Waals surface area contributed by atoms with Gasteiger partial charge in [0.1, 0.15) is 6.10 Å². The molecule has 5 rings (SSSR count). The predicted molar refractivity (Wildman–Crippen MR) is 172 cm³/mol. The number of alkyl halides is 3. The molecule has 1 aliphatic heterocycles. The number of aryl methyl sites for hydroxylation is 1. The largest absolute Gasteiger partial charge is 0.493 e. The predicted octanol–water partition coefficient (Wildman–Crippen LogP) is 7.04. The van der Waals surface area contributed by atoms with Crippen LogP contribution in [0.15, 0.2) is 72.9 Å². The van der Waals surface area contributed by atoms with E-state index in [0.717, 1.165) is 11.1 Å². The molecule has 0 aliphatic carbocycles. The van der Waals surface area contributed by atoms with E-state index in [1.807, 2.05) is 42.5 Å². The molecule has 8 nitrogen and oxygen atoms in total. The van der Waals surface area contributed by atoms with Crippen molar-refractivity contribution in [2.24, 2.45) is 0 Å². The average Bonchev–Trinajstić information content (AvgIpc) is 3.42. The van der Waals surface area contributed by atoms with Crippen LogP contribution < -0.4 is 9.47 Å². The van der Waals surface area contributed by atoms with Crippen molar-refractivity contribution >= 4 is 22.6 Å². The first-order valence-electron chi connectivity index (χ1n) is 15.6. The number of β-amino-alcohol motifs (C(OH)–C–C–N with tert-alkyl or cyclic N) is 1. The molecular formula is C36H38F3N3O5. The molecule has 1 fully saturated rings. The minimum absolute atomic E-state index is 0.237. The molecule has 1 aliphatic rings. The number of fused-ring (bicyclic) bond motifs is 1. The summed E-state index contributed by atoms with van der Waals surface area (Å²) in [6, 6.07) is 19.3. The molecule has 1 unspecified atom stereocenters. The molecule has 2 heterocycles. The van der Waals surface area contributed by atoms with Gasteiger partial charge in [0.15, 0.2) is 17.2 Å². The summed E-state index contributed by atoms with van der Waals surface area (Å²) in [5.74, 6) is 0.749. The first-order valence-corrected chi connectivity index (χ1v) is 15.6. The van der Waals surface area contributed by atoms with Gasteiger partial charge in [0, 0.05) is 55.3 Å². The quantitative estimate of drug-likeness (QED) is 0.131. The van der Waals surface area contributed by atoms with Gasteiger partial charge in [-0.15, -0.1) is 0 Å². The van der Waals surface area contributed by atoms with Crippen LogP contribution in [0.5, 0.6) is 11.5 Å². The lowest BCUT2D eigenvalue weighted by Gasteiger charge is -2.39. The van der Waals surface area contributed by atoms with Crippen LogP contribution in [0.4, 0.5) is 18.9 Å². The number of nitrogens with zero attached hydrogens (tertiary/aromatic N) is 3. The van der Waals surface area contributed by atoms with Gasteiger partial charge in [0.25, 0.3) is 0 Å². The Morgan fingerprint density at radius 2 is 1.77 bits per heavy atom. The fraction of sp³-hybridized carbons (Fsp3) is 0.389. The summed E-state index contributed by atoms with van der Waals surface area (Å²) in [7, 11) is 1.53. The highest BCUT2D eigenvalue weighted by Gasteiger charge is 2.57. The Labute approximate surface area is 272 Å². The second-order valence-electron chi connectivity index (χ2n) is 11.7. The van der Waals surface area contributed by atoms with Gasteiger partial charge in [-0.1, -0.05) is 48.5 Å². The number of rotatable bonds is 12. The Balaban J connectivity index is 1.31. The number of benzene rings is 3. The number of piperidine rings is 1. The van der Waals surface area contributed by atoms with E-state index in [2.05, 4.69) is 4.85 Å². The molecule has 0 spiro atoms. The average molecular weight is 650 g/mol. The van der Waals surface area contributed by atoms with Gasteiger partial charge >= 0.3 is 12.1 Å². The number of hydrogen-bond donors (Lipinski definition) is 1. The first-order chi connectivity index (χ1) is 22.5. The molecule has 248 valence electrons. The lowest BCUT2D eigenvalue weighted by atomic mass is 9.91. The Hall–Kier alpha value is -4.53. The molecule has 1 aromatic heterocycles. The van der Waals surface area contributed by atoms with Crippen molar-refractivity contribution in [1.82, 2.24) is 9.47 Å².